The van der Waals surface area contributed by atoms with Crippen LogP contribution in [0, 0.1) is 6.92 Å². The lowest BCUT2D eigenvalue weighted by Gasteiger charge is -2.38. The molecule has 0 radical (unpaired) electrons. The molecule has 2 atom stereocenters. The number of aromatic nitrogens is 2. The van der Waals surface area contributed by atoms with Gasteiger partial charge in [-0.3, -0.25) is 4.79 Å². The molecule has 1 aromatic heterocycles. The Morgan fingerprint density at radius 2 is 2.24 bits per heavy atom. The van der Waals surface area contributed by atoms with Crippen molar-refractivity contribution in [2.24, 2.45) is 0 Å². The van der Waals surface area contributed by atoms with Crippen LogP contribution in [0.2, 0.25) is 0 Å². The van der Waals surface area contributed by atoms with E-state index in [1.54, 1.807) is 11.8 Å². The van der Waals surface area contributed by atoms with E-state index in [1.807, 2.05) is 26.2 Å². The van der Waals surface area contributed by atoms with Crippen LogP contribution in [0.4, 0.5) is 0 Å². The molecule has 0 aromatic carbocycles. The SMILES string of the molecule is CCNC1(C(=O)OC)CCCC(Sc2ncc(C)cn2)C1. The fraction of sp³-hybridized carbons (Fsp3) is 0.667. The Morgan fingerprint density at radius 3 is 2.86 bits per heavy atom. The van der Waals surface area contributed by atoms with Crippen molar-refractivity contribution in [1.82, 2.24) is 15.3 Å². The van der Waals surface area contributed by atoms with E-state index >= 15 is 0 Å². The predicted molar refractivity (Wildman–Crippen MR) is 83.3 cm³/mol. The smallest absolute Gasteiger partial charge is 0.326 e. The maximum Gasteiger partial charge on any atom is 0.326 e. The van der Waals surface area contributed by atoms with E-state index in [2.05, 4.69) is 15.3 Å². The maximum atomic E-state index is 12.2. The highest BCUT2D eigenvalue weighted by atomic mass is 32.2. The number of hydrogen-bond acceptors (Lipinski definition) is 6. The molecule has 1 fully saturated rings. The molecule has 0 amide bonds. The lowest BCUT2D eigenvalue weighted by Crippen LogP contribution is -2.56. The second-order valence-electron chi connectivity index (χ2n) is 5.48. The van der Waals surface area contributed by atoms with Gasteiger partial charge in [0, 0.05) is 17.6 Å². The van der Waals surface area contributed by atoms with Crippen molar-refractivity contribution >= 4 is 17.7 Å². The maximum absolute atomic E-state index is 12.2. The van der Waals surface area contributed by atoms with E-state index < -0.39 is 5.54 Å². The summed E-state index contributed by atoms with van der Waals surface area (Å²) in [6, 6.07) is 0. The number of nitrogens with one attached hydrogen (secondary N) is 1. The molecule has 1 aromatic rings. The number of methoxy groups -OCH3 is 1. The molecule has 1 N–H and O–H groups in total. The minimum atomic E-state index is -0.551. The number of ether oxygens (including phenoxy) is 1. The average Bonchev–Trinajstić information content (AvgIpc) is 2.49. The Hall–Kier alpha value is -1.14. The molecule has 21 heavy (non-hydrogen) atoms. The Labute approximate surface area is 130 Å². The summed E-state index contributed by atoms with van der Waals surface area (Å²) in [5, 5.41) is 4.46. The quantitative estimate of drug-likeness (QED) is 0.665. The van der Waals surface area contributed by atoms with Crippen molar-refractivity contribution in [2.75, 3.05) is 13.7 Å². The van der Waals surface area contributed by atoms with Crippen LogP contribution in [-0.2, 0) is 9.53 Å². The molecule has 0 bridgehead atoms. The first-order chi connectivity index (χ1) is 10.1. The van der Waals surface area contributed by atoms with Gasteiger partial charge in [0.15, 0.2) is 5.16 Å². The minimum absolute atomic E-state index is 0.153. The number of nitrogens with zero attached hydrogens (tertiary/aromatic N) is 2. The predicted octanol–water partition coefficient (Wildman–Crippen LogP) is 2.34. The normalized spacial score (nSPS) is 25.6. The first-order valence-electron chi connectivity index (χ1n) is 7.38. The second-order valence-corrected chi connectivity index (χ2v) is 6.75. The molecule has 1 heterocycles. The standard InChI is InChI=1S/C15H23N3O2S/c1-4-18-15(13(19)20-3)7-5-6-12(8-15)21-14-16-9-11(2)10-17-14/h9-10,12,18H,4-8H2,1-3H3. The highest BCUT2D eigenvalue weighted by Crippen LogP contribution is 2.37. The summed E-state index contributed by atoms with van der Waals surface area (Å²) in [4.78, 5) is 20.9. The molecule has 5 nitrogen and oxygen atoms in total. The summed E-state index contributed by atoms with van der Waals surface area (Å²) in [5.41, 5.74) is 0.504. The van der Waals surface area contributed by atoms with Gasteiger partial charge in [-0.2, -0.15) is 0 Å². The van der Waals surface area contributed by atoms with E-state index in [9.17, 15) is 4.79 Å². The highest BCUT2D eigenvalue weighted by Gasteiger charge is 2.43. The Bertz CT molecular complexity index is 476. The van der Waals surface area contributed by atoms with E-state index in [0.717, 1.165) is 42.9 Å². The van der Waals surface area contributed by atoms with Crippen LogP contribution in [0.25, 0.3) is 0 Å². The average molecular weight is 309 g/mol. The molecule has 0 saturated heterocycles. The third-order valence-electron chi connectivity index (χ3n) is 3.83. The van der Waals surface area contributed by atoms with Crippen LogP contribution in [0.1, 0.15) is 38.2 Å². The molecule has 116 valence electrons. The molecule has 0 aliphatic heterocycles. The van der Waals surface area contributed by atoms with Gasteiger partial charge in [-0.25, -0.2) is 9.97 Å². The van der Waals surface area contributed by atoms with Gasteiger partial charge in [0.25, 0.3) is 0 Å². The van der Waals surface area contributed by atoms with Crippen LogP contribution in [0.5, 0.6) is 0 Å². The van der Waals surface area contributed by atoms with E-state index in [4.69, 9.17) is 4.74 Å². The van der Waals surface area contributed by atoms with Gasteiger partial charge in [-0.15, -0.1) is 0 Å². The number of esters is 1. The van der Waals surface area contributed by atoms with Crippen molar-refractivity contribution in [2.45, 2.75) is 55.5 Å². The Morgan fingerprint density at radius 1 is 1.52 bits per heavy atom. The molecular weight excluding hydrogens is 286 g/mol. The fourth-order valence-electron chi connectivity index (χ4n) is 2.87. The van der Waals surface area contributed by atoms with Gasteiger partial charge >= 0.3 is 5.97 Å². The highest BCUT2D eigenvalue weighted by molar-refractivity contribution is 7.99. The van der Waals surface area contributed by atoms with Gasteiger partial charge in [-0.1, -0.05) is 18.7 Å². The third-order valence-corrected chi connectivity index (χ3v) is 4.98. The van der Waals surface area contributed by atoms with Gasteiger partial charge in [0.1, 0.15) is 5.54 Å². The topological polar surface area (TPSA) is 64.1 Å². The van der Waals surface area contributed by atoms with Crippen LogP contribution in [-0.4, -0.2) is 40.4 Å². The number of likely N-dealkylation sites (N-methyl/N-ethyl adjacent to an activating group) is 1. The van der Waals surface area contributed by atoms with Gasteiger partial charge in [-0.05, 0) is 44.7 Å². The number of carbonyl (C=O) groups excluding carboxylic acids is 1. The van der Waals surface area contributed by atoms with E-state index in [1.165, 1.54) is 7.11 Å². The number of aryl methyl sites for hydroxylation is 1. The van der Waals surface area contributed by atoms with Crippen LogP contribution >= 0.6 is 11.8 Å². The molecule has 6 heteroatoms. The van der Waals surface area contributed by atoms with Crippen molar-refractivity contribution in [3.05, 3.63) is 18.0 Å². The molecule has 2 unspecified atom stereocenters. The molecule has 2 rings (SSSR count). The summed E-state index contributed by atoms with van der Waals surface area (Å²) in [6.45, 7) is 4.75. The number of hydrogen-bond donors (Lipinski definition) is 1. The molecular formula is C15H23N3O2S. The summed E-state index contributed by atoms with van der Waals surface area (Å²) < 4.78 is 5.02. The van der Waals surface area contributed by atoms with E-state index in [-0.39, 0.29) is 5.97 Å². The minimum Gasteiger partial charge on any atom is -0.468 e. The number of rotatable bonds is 5. The van der Waals surface area contributed by atoms with Crippen LogP contribution < -0.4 is 5.32 Å². The van der Waals surface area contributed by atoms with Gasteiger partial charge in [0.2, 0.25) is 0 Å². The lowest BCUT2D eigenvalue weighted by atomic mass is 9.81. The lowest BCUT2D eigenvalue weighted by molar-refractivity contribution is -0.150. The zero-order valence-electron chi connectivity index (χ0n) is 12.9. The van der Waals surface area contributed by atoms with Crippen LogP contribution in [0.15, 0.2) is 17.6 Å². The molecule has 1 aliphatic rings. The number of thioether (sulfide) groups is 1. The first-order valence-corrected chi connectivity index (χ1v) is 8.26. The van der Waals surface area contributed by atoms with Crippen molar-refractivity contribution in [1.29, 1.82) is 0 Å². The molecule has 1 aliphatic carbocycles. The Balaban J connectivity index is 2.07. The second kappa shape index (κ2) is 7.22. The monoisotopic (exact) mass is 309 g/mol. The largest absolute Gasteiger partial charge is 0.468 e. The van der Waals surface area contributed by atoms with E-state index in [0.29, 0.717) is 5.25 Å². The van der Waals surface area contributed by atoms with Gasteiger partial charge < -0.3 is 10.1 Å². The fourth-order valence-corrected chi connectivity index (χ4v) is 4.05. The van der Waals surface area contributed by atoms with Gasteiger partial charge in [0.05, 0.1) is 7.11 Å². The number of carbonyl (C=O) groups is 1. The van der Waals surface area contributed by atoms with Crippen LogP contribution in [0.3, 0.4) is 0 Å². The van der Waals surface area contributed by atoms with Crippen molar-refractivity contribution < 1.29 is 9.53 Å². The molecule has 1 saturated carbocycles. The molecule has 0 spiro atoms. The van der Waals surface area contributed by atoms with Crippen molar-refractivity contribution in [3.63, 3.8) is 0 Å². The summed E-state index contributed by atoms with van der Waals surface area (Å²) in [5.74, 6) is -0.153. The first kappa shape index (κ1) is 16.2. The zero-order chi connectivity index (χ0) is 15.3. The summed E-state index contributed by atoms with van der Waals surface area (Å²) >= 11 is 1.66. The Kier molecular flexibility index (Phi) is 5.58. The van der Waals surface area contributed by atoms with Crippen molar-refractivity contribution in [3.8, 4) is 0 Å². The summed E-state index contributed by atoms with van der Waals surface area (Å²) in [6.07, 6.45) is 7.33. The zero-order valence-corrected chi connectivity index (χ0v) is 13.7. The summed E-state index contributed by atoms with van der Waals surface area (Å²) in [7, 11) is 1.46. The third kappa shape index (κ3) is 3.95.